The summed E-state index contributed by atoms with van der Waals surface area (Å²) in [6, 6.07) is 10.9. The van der Waals surface area contributed by atoms with E-state index in [9.17, 15) is 14.0 Å². The number of hydrogen-bond donors (Lipinski definition) is 1. The zero-order chi connectivity index (χ0) is 21.1. The molecule has 8 heteroatoms. The van der Waals surface area contributed by atoms with Gasteiger partial charge in [-0.2, -0.15) is 5.10 Å². The number of furan rings is 1. The molecule has 1 unspecified atom stereocenters. The van der Waals surface area contributed by atoms with Gasteiger partial charge in [0, 0.05) is 18.3 Å². The Morgan fingerprint density at radius 3 is 2.70 bits per heavy atom. The number of para-hydroxylation sites is 1. The van der Waals surface area contributed by atoms with Gasteiger partial charge in [0.05, 0.1) is 12.3 Å². The van der Waals surface area contributed by atoms with E-state index in [0.29, 0.717) is 5.69 Å². The second-order valence-corrected chi connectivity index (χ2v) is 7.35. The molecular weight excluding hydrogens is 387 g/mol. The summed E-state index contributed by atoms with van der Waals surface area (Å²) in [6.45, 7) is 3.76. The van der Waals surface area contributed by atoms with Crippen LogP contribution in [0.25, 0.3) is 5.69 Å². The van der Waals surface area contributed by atoms with Gasteiger partial charge < -0.3 is 9.73 Å². The molecule has 2 aromatic heterocycles. The molecule has 3 heterocycles. The molecule has 0 aliphatic carbocycles. The van der Waals surface area contributed by atoms with E-state index in [1.54, 1.807) is 31.4 Å². The highest BCUT2D eigenvalue weighted by Crippen LogP contribution is 2.25. The fourth-order valence-electron chi connectivity index (χ4n) is 3.79. The monoisotopic (exact) mass is 410 g/mol. The molecule has 1 atom stereocenters. The van der Waals surface area contributed by atoms with Gasteiger partial charge >= 0.3 is 0 Å². The van der Waals surface area contributed by atoms with E-state index < -0.39 is 17.2 Å². The van der Waals surface area contributed by atoms with E-state index >= 15 is 0 Å². The first kappa shape index (κ1) is 20.0. The average molecular weight is 410 g/mol. The number of aryl methyl sites for hydroxylation is 1. The van der Waals surface area contributed by atoms with Crippen LogP contribution in [-0.2, 0) is 0 Å². The van der Waals surface area contributed by atoms with Gasteiger partial charge in [-0.1, -0.05) is 12.1 Å². The highest BCUT2D eigenvalue weighted by molar-refractivity contribution is 5.92. The minimum atomic E-state index is -0.596. The van der Waals surface area contributed by atoms with Crippen molar-refractivity contribution in [3.05, 3.63) is 81.9 Å². The summed E-state index contributed by atoms with van der Waals surface area (Å²) < 4.78 is 21.1. The molecule has 0 saturated carbocycles. The molecule has 1 N–H and O–H groups in total. The third-order valence-corrected chi connectivity index (χ3v) is 5.31. The predicted molar refractivity (Wildman–Crippen MR) is 109 cm³/mol. The molecule has 4 rings (SSSR count). The quantitative estimate of drug-likeness (QED) is 0.676. The van der Waals surface area contributed by atoms with Crippen molar-refractivity contribution in [3.8, 4) is 5.69 Å². The van der Waals surface area contributed by atoms with Crippen molar-refractivity contribution < 1.29 is 13.6 Å². The van der Waals surface area contributed by atoms with Crippen LogP contribution in [0.2, 0.25) is 0 Å². The Morgan fingerprint density at radius 2 is 2.00 bits per heavy atom. The zero-order valence-electron chi connectivity index (χ0n) is 16.7. The molecule has 1 aliphatic rings. The number of hydrogen-bond acceptors (Lipinski definition) is 5. The Balaban J connectivity index is 1.58. The van der Waals surface area contributed by atoms with Crippen LogP contribution in [0.1, 0.15) is 40.8 Å². The fourth-order valence-corrected chi connectivity index (χ4v) is 3.79. The van der Waals surface area contributed by atoms with Crippen LogP contribution >= 0.6 is 0 Å². The summed E-state index contributed by atoms with van der Waals surface area (Å²) in [7, 11) is 0. The van der Waals surface area contributed by atoms with E-state index in [0.717, 1.165) is 31.7 Å². The van der Waals surface area contributed by atoms with Gasteiger partial charge in [-0.05, 0) is 57.1 Å². The molecule has 1 saturated heterocycles. The zero-order valence-corrected chi connectivity index (χ0v) is 16.7. The van der Waals surface area contributed by atoms with Crippen LogP contribution < -0.4 is 10.7 Å². The number of rotatable bonds is 6. The minimum Gasteiger partial charge on any atom is -0.468 e. The van der Waals surface area contributed by atoms with Crippen molar-refractivity contribution in [1.82, 2.24) is 20.0 Å². The first-order valence-corrected chi connectivity index (χ1v) is 9.96. The molecule has 0 radical (unpaired) electrons. The molecule has 7 nitrogen and oxygen atoms in total. The molecule has 1 fully saturated rings. The lowest BCUT2D eigenvalue weighted by atomic mass is 10.2. The Hall–Kier alpha value is -3.26. The smallest absolute Gasteiger partial charge is 0.275 e. The van der Waals surface area contributed by atoms with Gasteiger partial charge in [-0.3, -0.25) is 14.5 Å². The molecule has 1 aromatic carbocycles. The third kappa shape index (κ3) is 4.04. The Morgan fingerprint density at radius 1 is 1.23 bits per heavy atom. The Kier molecular flexibility index (Phi) is 5.76. The van der Waals surface area contributed by atoms with Gasteiger partial charge in [-0.15, -0.1) is 0 Å². The van der Waals surface area contributed by atoms with Gasteiger partial charge in [0.15, 0.2) is 5.69 Å². The lowest BCUT2D eigenvalue weighted by Crippen LogP contribution is -2.39. The van der Waals surface area contributed by atoms with Crippen LogP contribution in [0.3, 0.4) is 0 Å². The minimum absolute atomic E-state index is 0.120. The largest absolute Gasteiger partial charge is 0.468 e. The van der Waals surface area contributed by atoms with Crippen molar-refractivity contribution >= 4 is 5.91 Å². The fraction of sp³-hybridized carbons (Fsp3) is 0.318. The van der Waals surface area contributed by atoms with Gasteiger partial charge in [0.25, 0.3) is 5.91 Å². The summed E-state index contributed by atoms with van der Waals surface area (Å²) in [5.74, 6) is -0.325. The standard InChI is InChI=1S/C22H23FN4O3/c1-15-13-19(28)21(25-27(15)17-8-3-2-7-16(17)23)22(29)24-14-18(20-9-6-12-30-20)26-10-4-5-11-26/h2-3,6-9,12-13,18H,4-5,10-11,14H2,1H3,(H,24,29). The number of nitrogens with one attached hydrogen (secondary N) is 1. The summed E-state index contributed by atoms with van der Waals surface area (Å²) in [4.78, 5) is 27.5. The number of nitrogens with zero attached hydrogens (tertiary/aromatic N) is 3. The number of carbonyl (C=O) groups excluding carboxylic acids is 1. The SMILES string of the molecule is Cc1cc(=O)c(C(=O)NCC(c2ccco2)N2CCCC2)nn1-c1ccccc1F. The maximum absolute atomic E-state index is 14.2. The molecule has 1 aliphatic heterocycles. The first-order chi connectivity index (χ1) is 14.5. The number of benzene rings is 1. The highest BCUT2D eigenvalue weighted by atomic mass is 19.1. The maximum Gasteiger partial charge on any atom is 0.275 e. The lowest BCUT2D eigenvalue weighted by Gasteiger charge is -2.25. The topological polar surface area (TPSA) is 80.4 Å². The Bertz CT molecular complexity index is 1090. The summed E-state index contributed by atoms with van der Waals surface area (Å²) in [6.07, 6.45) is 3.80. The molecule has 1 amide bonds. The van der Waals surface area contributed by atoms with Crippen LogP contribution in [0.4, 0.5) is 4.39 Å². The van der Waals surface area contributed by atoms with Crippen molar-refractivity contribution in [2.45, 2.75) is 25.8 Å². The van der Waals surface area contributed by atoms with E-state index in [4.69, 9.17) is 4.42 Å². The van der Waals surface area contributed by atoms with Crippen LogP contribution in [0.5, 0.6) is 0 Å². The van der Waals surface area contributed by atoms with Crippen LogP contribution in [0.15, 0.2) is 57.9 Å². The first-order valence-electron chi connectivity index (χ1n) is 9.96. The number of carbonyl (C=O) groups is 1. The number of amides is 1. The average Bonchev–Trinajstić information content (AvgIpc) is 3.44. The summed E-state index contributed by atoms with van der Waals surface area (Å²) in [5.41, 5.74) is -0.168. The van der Waals surface area contributed by atoms with E-state index in [-0.39, 0.29) is 24.0 Å². The van der Waals surface area contributed by atoms with Gasteiger partial charge in [-0.25, -0.2) is 9.07 Å². The van der Waals surface area contributed by atoms with Crippen molar-refractivity contribution in [1.29, 1.82) is 0 Å². The predicted octanol–water partition coefficient (Wildman–Crippen LogP) is 2.84. The maximum atomic E-state index is 14.2. The lowest BCUT2D eigenvalue weighted by molar-refractivity contribution is 0.0925. The molecule has 3 aromatic rings. The van der Waals surface area contributed by atoms with E-state index in [2.05, 4.69) is 15.3 Å². The second-order valence-electron chi connectivity index (χ2n) is 7.35. The normalized spacial score (nSPS) is 15.3. The molecule has 30 heavy (non-hydrogen) atoms. The number of halogens is 1. The Labute approximate surface area is 173 Å². The van der Waals surface area contributed by atoms with E-state index in [1.165, 1.54) is 16.8 Å². The van der Waals surface area contributed by atoms with Crippen molar-refractivity contribution in [3.63, 3.8) is 0 Å². The third-order valence-electron chi connectivity index (χ3n) is 5.31. The van der Waals surface area contributed by atoms with Crippen molar-refractivity contribution in [2.24, 2.45) is 0 Å². The summed E-state index contributed by atoms with van der Waals surface area (Å²) >= 11 is 0. The second kappa shape index (κ2) is 8.62. The van der Waals surface area contributed by atoms with Crippen LogP contribution in [-0.4, -0.2) is 40.2 Å². The highest BCUT2D eigenvalue weighted by Gasteiger charge is 2.27. The molecule has 156 valence electrons. The van der Waals surface area contributed by atoms with E-state index in [1.807, 2.05) is 12.1 Å². The molecule has 0 spiro atoms. The van der Waals surface area contributed by atoms with Crippen LogP contribution in [0, 0.1) is 12.7 Å². The summed E-state index contributed by atoms with van der Waals surface area (Å²) in [5, 5.41) is 6.96. The van der Waals surface area contributed by atoms with Gasteiger partial charge in [0.1, 0.15) is 17.3 Å². The number of aromatic nitrogens is 2. The molecular formula is C22H23FN4O3. The van der Waals surface area contributed by atoms with Gasteiger partial charge in [0.2, 0.25) is 5.43 Å². The molecule has 0 bridgehead atoms. The van der Waals surface area contributed by atoms with Crippen molar-refractivity contribution in [2.75, 3.05) is 19.6 Å². The number of likely N-dealkylation sites (tertiary alicyclic amines) is 1.